The highest BCUT2D eigenvalue weighted by Crippen LogP contribution is 2.29. The lowest BCUT2D eigenvalue weighted by Gasteiger charge is -2.23. The fourth-order valence-electron chi connectivity index (χ4n) is 4.89. The molecule has 0 saturated carbocycles. The third kappa shape index (κ3) is 9.03. The Hall–Kier alpha value is -3.96. The van der Waals surface area contributed by atoms with Crippen LogP contribution in [0.25, 0.3) is 10.9 Å². The number of esters is 1. The highest BCUT2D eigenvalue weighted by Gasteiger charge is 2.32. The van der Waals surface area contributed by atoms with Crippen molar-refractivity contribution in [3.63, 3.8) is 0 Å². The average Bonchev–Trinajstić information content (AvgIpc) is 3.42. The smallest absolute Gasteiger partial charge is 0.334 e. The first kappa shape index (κ1) is 34.5. The summed E-state index contributed by atoms with van der Waals surface area (Å²) in [5.41, 5.74) is 1.53. The number of halogens is 5. The lowest BCUT2D eigenvalue weighted by atomic mass is 10.0. The lowest BCUT2D eigenvalue weighted by Crippen LogP contribution is -2.53. The summed E-state index contributed by atoms with van der Waals surface area (Å²) in [5, 5.41) is 5.98. The first-order valence-electron chi connectivity index (χ1n) is 15.0. The van der Waals surface area contributed by atoms with Crippen LogP contribution in [0.2, 0.25) is 0 Å². The summed E-state index contributed by atoms with van der Waals surface area (Å²) in [5.74, 6) is -15.9. The number of para-hydroxylation sites is 1. The molecule has 3 rings (SSSR count). The molecule has 2 unspecified atom stereocenters. The largest absolute Gasteiger partial charge is 0.418 e. The van der Waals surface area contributed by atoms with Crippen LogP contribution in [0.15, 0.2) is 30.5 Å². The molecule has 2 aromatic carbocycles. The van der Waals surface area contributed by atoms with Crippen molar-refractivity contribution >= 4 is 28.7 Å². The van der Waals surface area contributed by atoms with Crippen molar-refractivity contribution in [1.82, 2.24) is 15.6 Å². The number of carbonyl (C=O) groups is 3. The lowest BCUT2D eigenvalue weighted by molar-refractivity contribution is -0.140. The number of unbranched alkanes of at least 4 members (excludes halogenated alkanes) is 6. The van der Waals surface area contributed by atoms with Crippen molar-refractivity contribution in [2.45, 2.75) is 96.6 Å². The highest BCUT2D eigenvalue weighted by atomic mass is 19.2. The number of nitrogens with one attached hydrogen (secondary N) is 3. The highest BCUT2D eigenvalue weighted by molar-refractivity contribution is 5.92. The number of amides is 2. The summed E-state index contributed by atoms with van der Waals surface area (Å²) >= 11 is 0. The first-order chi connectivity index (χ1) is 21.1. The van der Waals surface area contributed by atoms with E-state index in [9.17, 15) is 36.3 Å². The number of aromatic nitrogens is 1. The third-order valence-corrected chi connectivity index (χ3v) is 7.31. The predicted octanol–water partition coefficient (Wildman–Crippen LogP) is 6.92. The van der Waals surface area contributed by atoms with E-state index in [2.05, 4.69) is 27.3 Å². The van der Waals surface area contributed by atoms with Gasteiger partial charge < -0.3 is 20.4 Å². The number of rotatable bonds is 17. The minimum absolute atomic E-state index is 0.0458. The van der Waals surface area contributed by atoms with E-state index in [0.717, 1.165) is 43.0 Å². The number of ether oxygens (including phenoxy) is 1. The molecular formula is C32H38F5N3O4. The van der Waals surface area contributed by atoms with Gasteiger partial charge in [-0.2, -0.15) is 8.78 Å². The van der Waals surface area contributed by atoms with Gasteiger partial charge in [-0.15, -0.1) is 0 Å². The maximum absolute atomic E-state index is 14.2. The third-order valence-electron chi connectivity index (χ3n) is 7.31. The zero-order chi connectivity index (χ0) is 32.2. The van der Waals surface area contributed by atoms with Crippen molar-refractivity contribution in [2.75, 3.05) is 0 Å². The molecule has 0 aliphatic rings. The summed E-state index contributed by atoms with van der Waals surface area (Å²) in [6.45, 7) is 3.78. The maximum atomic E-state index is 14.2. The molecular weight excluding hydrogens is 585 g/mol. The second-order valence-electron chi connectivity index (χ2n) is 10.7. The number of H-pyrrole nitrogens is 1. The van der Waals surface area contributed by atoms with E-state index in [0.29, 0.717) is 12.0 Å². The van der Waals surface area contributed by atoms with Crippen molar-refractivity contribution in [1.29, 1.82) is 0 Å². The van der Waals surface area contributed by atoms with Crippen LogP contribution in [0.5, 0.6) is 5.75 Å². The van der Waals surface area contributed by atoms with Crippen LogP contribution in [-0.4, -0.2) is 34.9 Å². The summed E-state index contributed by atoms with van der Waals surface area (Å²) in [6, 6.07) is 4.70. The molecule has 0 spiro atoms. The van der Waals surface area contributed by atoms with Gasteiger partial charge in [0.1, 0.15) is 12.1 Å². The van der Waals surface area contributed by atoms with E-state index in [-0.39, 0.29) is 31.6 Å². The molecule has 240 valence electrons. The number of aromatic amines is 1. The minimum atomic E-state index is -2.40. The van der Waals surface area contributed by atoms with Gasteiger partial charge in [-0.1, -0.05) is 77.0 Å². The van der Waals surface area contributed by atoms with Gasteiger partial charge in [0.05, 0.1) is 0 Å². The topological polar surface area (TPSA) is 100 Å². The fourth-order valence-corrected chi connectivity index (χ4v) is 4.89. The summed E-state index contributed by atoms with van der Waals surface area (Å²) in [7, 11) is 0. The van der Waals surface area contributed by atoms with E-state index in [1.807, 2.05) is 24.3 Å². The number of hydrogen-bond donors (Lipinski definition) is 3. The number of benzene rings is 2. The van der Waals surface area contributed by atoms with Crippen LogP contribution in [0, 0.1) is 29.1 Å². The summed E-state index contributed by atoms with van der Waals surface area (Å²) in [6.07, 6.45) is 9.16. The molecule has 0 aliphatic heterocycles. The molecule has 0 aliphatic carbocycles. The van der Waals surface area contributed by atoms with Gasteiger partial charge in [-0.25, -0.2) is 18.0 Å². The van der Waals surface area contributed by atoms with Gasteiger partial charge in [0.25, 0.3) is 0 Å². The van der Waals surface area contributed by atoms with Gasteiger partial charge in [-0.3, -0.25) is 9.59 Å². The molecule has 0 saturated heterocycles. The molecule has 12 heteroatoms. The molecule has 2 amide bonds. The quantitative estimate of drug-likeness (QED) is 0.0380. The molecule has 3 N–H and O–H groups in total. The molecule has 0 fully saturated rings. The van der Waals surface area contributed by atoms with E-state index in [4.69, 9.17) is 0 Å². The van der Waals surface area contributed by atoms with Gasteiger partial charge >= 0.3 is 5.97 Å². The molecule has 0 radical (unpaired) electrons. The number of fused-ring (bicyclic) bond motifs is 1. The molecule has 1 aromatic heterocycles. The predicted molar refractivity (Wildman–Crippen MR) is 155 cm³/mol. The molecule has 44 heavy (non-hydrogen) atoms. The summed E-state index contributed by atoms with van der Waals surface area (Å²) in [4.78, 5) is 42.3. The standard InChI is InChI=1S/C32H38F5N3O4/c1-3-5-6-7-8-9-10-16-24(41)39-23(17-19-18-38-21-15-12-11-14-20(19)21)31(42)40-22(13-4-2)32(43)44-30-28(36)26(34)25(33)27(35)29(30)37/h11-12,14-15,18,22-23,38H,3-10,13,16-17H2,1-2H3,(H,39,41)(H,40,42). The van der Waals surface area contributed by atoms with Gasteiger partial charge in [0, 0.05) is 29.9 Å². The van der Waals surface area contributed by atoms with Crippen molar-refractivity contribution in [3.8, 4) is 5.75 Å². The molecule has 7 nitrogen and oxygen atoms in total. The van der Waals surface area contributed by atoms with Crippen LogP contribution in [0.4, 0.5) is 22.0 Å². The monoisotopic (exact) mass is 623 g/mol. The van der Waals surface area contributed by atoms with E-state index in [1.165, 1.54) is 6.42 Å². The van der Waals surface area contributed by atoms with Crippen molar-refractivity contribution < 1.29 is 41.1 Å². The van der Waals surface area contributed by atoms with Crippen LogP contribution in [-0.2, 0) is 20.8 Å². The van der Waals surface area contributed by atoms with Gasteiger partial charge in [-0.05, 0) is 24.5 Å². The Balaban J connectivity index is 1.75. The normalized spacial score (nSPS) is 12.6. The zero-order valence-corrected chi connectivity index (χ0v) is 24.8. The Labute approximate surface area is 252 Å². The average molecular weight is 624 g/mol. The van der Waals surface area contributed by atoms with Crippen LogP contribution in [0.3, 0.4) is 0 Å². The maximum Gasteiger partial charge on any atom is 0.334 e. The fraction of sp³-hybridized carbons (Fsp3) is 0.469. The van der Waals surface area contributed by atoms with Crippen molar-refractivity contribution in [3.05, 3.63) is 65.1 Å². The number of hydrogen-bond acceptors (Lipinski definition) is 4. The Morgan fingerprint density at radius 1 is 0.773 bits per heavy atom. The summed E-state index contributed by atoms with van der Waals surface area (Å²) < 4.78 is 73.6. The number of carbonyl (C=O) groups excluding carboxylic acids is 3. The van der Waals surface area contributed by atoms with Gasteiger partial charge in [0.15, 0.2) is 0 Å². The SMILES string of the molecule is CCCCCCCCCC(=O)NC(Cc1c[nH]c2ccccc12)C(=O)NC(CCC)C(=O)Oc1c(F)c(F)c(F)c(F)c1F. The second-order valence-corrected chi connectivity index (χ2v) is 10.7. The van der Waals surface area contributed by atoms with Crippen LogP contribution < -0.4 is 15.4 Å². The van der Waals surface area contributed by atoms with Gasteiger partial charge in [0.2, 0.25) is 46.6 Å². The van der Waals surface area contributed by atoms with E-state index >= 15 is 0 Å². The first-order valence-corrected chi connectivity index (χ1v) is 15.0. The van der Waals surface area contributed by atoms with E-state index in [1.54, 1.807) is 13.1 Å². The van der Waals surface area contributed by atoms with Crippen LogP contribution >= 0.6 is 0 Å². The Bertz CT molecular complexity index is 1420. The Kier molecular flexibility index (Phi) is 13.2. The Morgan fingerprint density at radius 2 is 1.39 bits per heavy atom. The Morgan fingerprint density at radius 3 is 2.05 bits per heavy atom. The molecule has 2 atom stereocenters. The van der Waals surface area contributed by atoms with Crippen LogP contribution in [0.1, 0.15) is 83.6 Å². The second kappa shape index (κ2) is 16.8. The zero-order valence-electron chi connectivity index (χ0n) is 24.8. The molecule has 1 heterocycles. The molecule has 3 aromatic rings. The minimum Gasteiger partial charge on any atom is -0.418 e. The van der Waals surface area contributed by atoms with E-state index < -0.39 is 58.8 Å². The van der Waals surface area contributed by atoms with Crippen molar-refractivity contribution in [2.24, 2.45) is 0 Å². The molecule has 0 bridgehead atoms.